The fourth-order valence-corrected chi connectivity index (χ4v) is 1.80. The minimum absolute atomic E-state index is 0.0796. The number of nitrogens with zero attached hydrogens (tertiary/aromatic N) is 2. The predicted octanol–water partition coefficient (Wildman–Crippen LogP) is 0.883. The maximum Gasteiger partial charge on any atom is 0.243 e. The molecule has 16 heavy (non-hydrogen) atoms. The topological polar surface area (TPSA) is 56.1 Å². The van der Waals surface area contributed by atoms with Crippen LogP contribution in [0, 0.1) is 11.3 Å². The molecular formula is C12H13N3O. The first-order valence-electron chi connectivity index (χ1n) is 5.27. The highest BCUT2D eigenvalue weighted by Crippen LogP contribution is 2.17. The van der Waals surface area contributed by atoms with E-state index in [0.717, 1.165) is 12.2 Å². The molecule has 0 aromatic heterocycles. The fourth-order valence-electron chi connectivity index (χ4n) is 1.80. The van der Waals surface area contributed by atoms with Crippen LogP contribution in [0.4, 0.5) is 5.69 Å². The maximum absolute atomic E-state index is 11.9. The van der Waals surface area contributed by atoms with Crippen molar-refractivity contribution in [3.63, 3.8) is 0 Å². The molecular weight excluding hydrogens is 202 g/mol. The van der Waals surface area contributed by atoms with Crippen molar-refractivity contribution in [2.75, 3.05) is 18.0 Å². The van der Waals surface area contributed by atoms with Crippen LogP contribution >= 0.6 is 0 Å². The van der Waals surface area contributed by atoms with Gasteiger partial charge in [0.25, 0.3) is 0 Å². The molecule has 4 heteroatoms. The van der Waals surface area contributed by atoms with Crippen molar-refractivity contribution < 1.29 is 4.79 Å². The molecule has 0 spiro atoms. The standard InChI is InChI=1S/C12H13N3O/c1-9-12(16)15(7-6-14-9)11-4-2-10(8-13)3-5-11/h2-5,9,14H,6-7H2,1H3. The van der Waals surface area contributed by atoms with Gasteiger partial charge in [0.1, 0.15) is 0 Å². The van der Waals surface area contributed by atoms with Gasteiger partial charge in [-0.25, -0.2) is 0 Å². The van der Waals surface area contributed by atoms with E-state index in [9.17, 15) is 4.79 Å². The third-order valence-corrected chi connectivity index (χ3v) is 2.73. The number of carbonyl (C=O) groups is 1. The molecule has 82 valence electrons. The smallest absolute Gasteiger partial charge is 0.243 e. The Kier molecular flexibility index (Phi) is 2.88. The van der Waals surface area contributed by atoms with Crippen LogP contribution in [-0.4, -0.2) is 25.0 Å². The third kappa shape index (κ3) is 1.90. The van der Waals surface area contributed by atoms with Gasteiger partial charge in [-0.1, -0.05) is 0 Å². The first-order valence-corrected chi connectivity index (χ1v) is 5.27. The zero-order valence-electron chi connectivity index (χ0n) is 9.10. The van der Waals surface area contributed by atoms with Gasteiger partial charge in [-0.3, -0.25) is 4.79 Å². The summed E-state index contributed by atoms with van der Waals surface area (Å²) in [6.45, 7) is 3.33. The summed E-state index contributed by atoms with van der Waals surface area (Å²) in [5, 5.41) is 11.8. The third-order valence-electron chi connectivity index (χ3n) is 2.73. The molecule has 1 heterocycles. The van der Waals surface area contributed by atoms with E-state index in [1.54, 1.807) is 17.0 Å². The minimum Gasteiger partial charge on any atom is -0.310 e. The lowest BCUT2D eigenvalue weighted by atomic mass is 10.1. The van der Waals surface area contributed by atoms with Crippen LogP contribution in [-0.2, 0) is 4.79 Å². The monoisotopic (exact) mass is 215 g/mol. The first kappa shape index (κ1) is 10.7. The van der Waals surface area contributed by atoms with E-state index in [1.165, 1.54) is 0 Å². The highest BCUT2D eigenvalue weighted by molar-refractivity contribution is 5.97. The van der Waals surface area contributed by atoms with Gasteiger partial charge in [0.15, 0.2) is 0 Å². The number of nitrogens with one attached hydrogen (secondary N) is 1. The van der Waals surface area contributed by atoms with Gasteiger partial charge in [-0.2, -0.15) is 5.26 Å². The zero-order chi connectivity index (χ0) is 11.5. The van der Waals surface area contributed by atoms with E-state index in [-0.39, 0.29) is 11.9 Å². The van der Waals surface area contributed by atoms with Crippen LogP contribution in [0.3, 0.4) is 0 Å². The molecule has 1 amide bonds. The molecule has 1 aromatic carbocycles. The largest absolute Gasteiger partial charge is 0.310 e. The molecule has 2 rings (SSSR count). The van der Waals surface area contributed by atoms with E-state index in [2.05, 4.69) is 11.4 Å². The van der Waals surface area contributed by atoms with Crippen molar-refractivity contribution in [3.8, 4) is 6.07 Å². The molecule has 0 aliphatic carbocycles. The molecule has 4 nitrogen and oxygen atoms in total. The van der Waals surface area contributed by atoms with Crippen molar-refractivity contribution in [2.24, 2.45) is 0 Å². The molecule has 0 radical (unpaired) electrons. The molecule has 1 aliphatic heterocycles. The second kappa shape index (κ2) is 4.33. The van der Waals surface area contributed by atoms with Crippen LogP contribution in [0.1, 0.15) is 12.5 Å². The van der Waals surface area contributed by atoms with Crippen molar-refractivity contribution in [1.29, 1.82) is 5.26 Å². The van der Waals surface area contributed by atoms with E-state index in [0.29, 0.717) is 12.1 Å². The summed E-state index contributed by atoms with van der Waals surface area (Å²) in [5.74, 6) is 0.0796. The summed E-state index contributed by atoms with van der Waals surface area (Å²) < 4.78 is 0. The lowest BCUT2D eigenvalue weighted by molar-refractivity contribution is -0.121. The number of carbonyl (C=O) groups excluding carboxylic acids is 1. The molecule has 1 unspecified atom stereocenters. The number of hydrogen-bond acceptors (Lipinski definition) is 3. The predicted molar refractivity (Wildman–Crippen MR) is 61.0 cm³/mol. The Hall–Kier alpha value is -1.86. The summed E-state index contributed by atoms with van der Waals surface area (Å²) >= 11 is 0. The summed E-state index contributed by atoms with van der Waals surface area (Å²) in [6.07, 6.45) is 0. The van der Waals surface area contributed by atoms with Crippen LogP contribution in [0.5, 0.6) is 0 Å². The van der Waals surface area contributed by atoms with Gasteiger partial charge >= 0.3 is 0 Å². The molecule has 1 aliphatic rings. The summed E-state index contributed by atoms with van der Waals surface area (Å²) in [5.41, 5.74) is 1.47. The van der Waals surface area contributed by atoms with Crippen LogP contribution in [0.25, 0.3) is 0 Å². The highest BCUT2D eigenvalue weighted by atomic mass is 16.2. The van der Waals surface area contributed by atoms with Crippen LogP contribution < -0.4 is 10.2 Å². The Morgan fingerprint density at radius 2 is 2.12 bits per heavy atom. The van der Waals surface area contributed by atoms with Crippen molar-refractivity contribution >= 4 is 11.6 Å². The first-order chi connectivity index (χ1) is 7.72. The average Bonchev–Trinajstić information content (AvgIpc) is 2.33. The number of nitriles is 1. The number of amides is 1. The number of piperazine rings is 1. The number of hydrogen-bond donors (Lipinski definition) is 1. The summed E-state index contributed by atoms with van der Waals surface area (Å²) in [4.78, 5) is 13.6. The Balaban J connectivity index is 2.23. The van der Waals surface area contributed by atoms with Gasteiger partial charge in [0.05, 0.1) is 17.7 Å². The highest BCUT2D eigenvalue weighted by Gasteiger charge is 2.25. The van der Waals surface area contributed by atoms with Crippen LogP contribution in [0.2, 0.25) is 0 Å². The summed E-state index contributed by atoms with van der Waals surface area (Å²) in [6, 6.07) is 9.02. The second-order valence-corrected chi connectivity index (χ2v) is 3.82. The Morgan fingerprint density at radius 1 is 1.44 bits per heavy atom. The molecule has 0 saturated carbocycles. The van der Waals surface area contributed by atoms with Gasteiger partial charge in [0.2, 0.25) is 5.91 Å². The second-order valence-electron chi connectivity index (χ2n) is 3.82. The number of rotatable bonds is 1. The lowest BCUT2D eigenvalue weighted by Gasteiger charge is -2.31. The lowest BCUT2D eigenvalue weighted by Crippen LogP contribution is -2.53. The Morgan fingerprint density at radius 3 is 2.75 bits per heavy atom. The maximum atomic E-state index is 11.9. The Bertz CT molecular complexity index is 433. The van der Waals surface area contributed by atoms with Crippen molar-refractivity contribution in [1.82, 2.24) is 5.32 Å². The quantitative estimate of drug-likeness (QED) is 0.756. The van der Waals surface area contributed by atoms with E-state index in [4.69, 9.17) is 5.26 Å². The molecule has 1 atom stereocenters. The molecule has 1 N–H and O–H groups in total. The van der Waals surface area contributed by atoms with E-state index >= 15 is 0 Å². The fraction of sp³-hybridized carbons (Fsp3) is 0.333. The van der Waals surface area contributed by atoms with Crippen molar-refractivity contribution in [2.45, 2.75) is 13.0 Å². The van der Waals surface area contributed by atoms with E-state index < -0.39 is 0 Å². The minimum atomic E-state index is -0.135. The number of benzene rings is 1. The molecule has 0 bridgehead atoms. The van der Waals surface area contributed by atoms with Crippen LogP contribution in [0.15, 0.2) is 24.3 Å². The SMILES string of the molecule is CC1NCCN(c2ccc(C#N)cc2)C1=O. The molecule has 1 fully saturated rings. The van der Waals surface area contributed by atoms with Gasteiger partial charge in [-0.15, -0.1) is 0 Å². The number of anilines is 1. The average molecular weight is 215 g/mol. The summed E-state index contributed by atoms with van der Waals surface area (Å²) in [7, 11) is 0. The van der Waals surface area contributed by atoms with Gasteiger partial charge in [-0.05, 0) is 31.2 Å². The Labute approximate surface area is 94.5 Å². The van der Waals surface area contributed by atoms with Gasteiger partial charge in [0, 0.05) is 18.8 Å². The molecule has 1 aromatic rings. The van der Waals surface area contributed by atoms with Crippen molar-refractivity contribution in [3.05, 3.63) is 29.8 Å². The molecule has 1 saturated heterocycles. The van der Waals surface area contributed by atoms with E-state index in [1.807, 2.05) is 19.1 Å². The van der Waals surface area contributed by atoms with Gasteiger partial charge < -0.3 is 10.2 Å². The normalized spacial score (nSPS) is 20.6. The zero-order valence-corrected chi connectivity index (χ0v) is 9.10.